The second-order valence-electron chi connectivity index (χ2n) is 7.13. The van der Waals surface area contributed by atoms with E-state index >= 15 is 0 Å². The smallest absolute Gasteiger partial charge is 0.243 e. The van der Waals surface area contributed by atoms with E-state index in [1.165, 1.54) is 24.5 Å². The molecular weight excluding hydrogens is 426 g/mol. The fraction of sp³-hybridized carbons (Fsp3) is 0.227. The maximum atomic E-state index is 13.5. The zero-order chi connectivity index (χ0) is 22.6. The molecule has 0 aliphatic rings. The number of furan rings is 1. The number of benzene rings is 2. The van der Waals surface area contributed by atoms with Crippen molar-refractivity contribution in [1.29, 1.82) is 0 Å². The predicted octanol–water partition coefficient (Wildman–Crippen LogP) is 3.93. The van der Waals surface area contributed by atoms with Crippen molar-refractivity contribution < 1.29 is 26.4 Å². The highest BCUT2D eigenvalue weighted by molar-refractivity contribution is 7.89. The molecule has 1 aromatic heterocycles. The number of aryl methyl sites for hydroxylation is 1. The number of amides is 1. The third kappa shape index (κ3) is 5.56. The zero-order valence-corrected chi connectivity index (χ0v) is 17.8. The van der Waals surface area contributed by atoms with E-state index in [1.54, 1.807) is 31.2 Å². The molecule has 3 rings (SSSR count). The van der Waals surface area contributed by atoms with Crippen molar-refractivity contribution in [3.63, 3.8) is 0 Å². The van der Waals surface area contributed by atoms with E-state index in [0.717, 1.165) is 22.0 Å². The van der Waals surface area contributed by atoms with Crippen LogP contribution in [-0.2, 0) is 21.4 Å². The van der Waals surface area contributed by atoms with Crippen molar-refractivity contribution >= 4 is 15.9 Å². The lowest BCUT2D eigenvalue weighted by molar-refractivity contribution is -0.122. The van der Waals surface area contributed by atoms with Crippen molar-refractivity contribution in [2.75, 3.05) is 6.54 Å². The van der Waals surface area contributed by atoms with E-state index < -0.39 is 40.2 Å². The van der Waals surface area contributed by atoms with Crippen LogP contribution in [0, 0.1) is 18.6 Å². The number of sulfonamides is 1. The van der Waals surface area contributed by atoms with Gasteiger partial charge in [0, 0.05) is 0 Å². The van der Waals surface area contributed by atoms with E-state index in [-0.39, 0.29) is 11.4 Å². The van der Waals surface area contributed by atoms with Gasteiger partial charge in [-0.1, -0.05) is 23.8 Å². The molecule has 0 aliphatic carbocycles. The van der Waals surface area contributed by atoms with E-state index in [1.807, 2.05) is 6.92 Å². The molecule has 0 saturated heterocycles. The Hall–Kier alpha value is -3.04. The minimum absolute atomic E-state index is 0.0473. The van der Waals surface area contributed by atoms with Crippen LogP contribution in [0.4, 0.5) is 8.78 Å². The summed E-state index contributed by atoms with van der Waals surface area (Å²) in [6, 6.07) is 12.2. The fourth-order valence-electron chi connectivity index (χ4n) is 2.97. The van der Waals surface area contributed by atoms with E-state index in [2.05, 4.69) is 5.32 Å². The summed E-state index contributed by atoms with van der Waals surface area (Å²) in [5, 5.41) is 2.62. The zero-order valence-electron chi connectivity index (χ0n) is 17.0. The number of nitrogens with zero attached hydrogens (tertiary/aromatic N) is 1. The summed E-state index contributed by atoms with van der Waals surface area (Å²) in [4.78, 5) is 12.7. The largest absolute Gasteiger partial charge is 0.468 e. The maximum absolute atomic E-state index is 13.5. The molecule has 0 bridgehead atoms. The number of hydrogen-bond acceptors (Lipinski definition) is 4. The van der Waals surface area contributed by atoms with Crippen LogP contribution in [0.25, 0.3) is 0 Å². The predicted molar refractivity (Wildman–Crippen MR) is 110 cm³/mol. The molecule has 3 aromatic rings. The quantitative estimate of drug-likeness (QED) is 0.566. The highest BCUT2D eigenvalue weighted by atomic mass is 32.2. The first kappa shape index (κ1) is 22.6. The van der Waals surface area contributed by atoms with Crippen LogP contribution < -0.4 is 5.32 Å². The van der Waals surface area contributed by atoms with Crippen LogP contribution in [0.2, 0.25) is 0 Å². The number of carbonyl (C=O) groups excluding carboxylic acids is 1. The minimum atomic E-state index is -4.00. The molecule has 6 nitrogen and oxygen atoms in total. The van der Waals surface area contributed by atoms with Crippen LogP contribution in [-0.4, -0.2) is 25.2 Å². The van der Waals surface area contributed by atoms with Crippen LogP contribution in [0.1, 0.15) is 29.9 Å². The molecule has 1 heterocycles. The van der Waals surface area contributed by atoms with Gasteiger partial charge in [0.1, 0.15) is 5.76 Å². The molecule has 31 heavy (non-hydrogen) atoms. The highest BCUT2D eigenvalue weighted by Crippen LogP contribution is 2.20. The van der Waals surface area contributed by atoms with Crippen LogP contribution in [0.3, 0.4) is 0 Å². The van der Waals surface area contributed by atoms with Crippen molar-refractivity contribution in [2.24, 2.45) is 0 Å². The lowest BCUT2D eigenvalue weighted by Crippen LogP contribution is -2.41. The number of rotatable bonds is 8. The summed E-state index contributed by atoms with van der Waals surface area (Å²) in [5.41, 5.74) is 1.25. The lowest BCUT2D eigenvalue weighted by atomic mass is 10.1. The third-order valence-corrected chi connectivity index (χ3v) is 6.52. The van der Waals surface area contributed by atoms with Gasteiger partial charge in [-0.05, 0) is 55.8 Å². The van der Waals surface area contributed by atoms with Gasteiger partial charge in [0.05, 0.1) is 30.3 Å². The number of hydrogen-bond donors (Lipinski definition) is 1. The van der Waals surface area contributed by atoms with Gasteiger partial charge in [0.25, 0.3) is 0 Å². The van der Waals surface area contributed by atoms with Gasteiger partial charge in [0.2, 0.25) is 15.9 Å². The average Bonchev–Trinajstić information content (AvgIpc) is 3.23. The Morgan fingerprint density at radius 1 is 1.10 bits per heavy atom. The molecule has 2 aromatic carbocycles. The Balaban J connectivity index is 1.80. The van der Waals surface area contributed by atoms with Crippen molar-refractivity contribution in [2.45, 2.75) is 31.3 Å². The van der Waals surface area contributed by atoms with Crippen LogP contribution >= 0.6 is 0 Å². The SMILES string of the molecule is Cc1ccc(S(=O)(=O)N(CC(=O)NC(C)c2ccc(F)c(F)c2)Cc2ccco2)cc1. The number of halogens is 2. The summed E-state index contributed by atoms with van der Waals surface area (Å²) < 4.78 is 59.2. The van der Waals surface area contributed by atoms with Crippen LogP contribution in [0.5, 0.6) is 0 Å². The van der Waals surface area contributed by atoms with Gasteiger partial charge < -0.3 is 9.73 Å². The highest BCUT2D eigenvalue weighted by Gasteiger charge is 2.28. The van der Waals surface area contributed by atoms with Gasteiger partial charge in [-0.3, -0.25) is 4.79 Å². The van der Waals surface area contributed by atoms with Gasteiger partial charge >= 0.3 is 0 Å². The molecule has 1 amide bonds. The van der Waals surface area contributed by atoms with Crippen molar-refractivity contribution in [3.8, 4) is 0 Å². The average molecular weight is 448 g/mol. The Morgan fingerprint density at radius 3 is 2.42 bits per heavy atom. The number of carbonyl (C=O) groups is 1. The molecule has 0 radical (unpaired) electrons. The molecule has 0 fully saturated rings. The number of nitrogens with one attached hydrogen (secondary N) is 1. The van der Waals surface area contributed by atoms with Crippen molar-refractivity contribution in [1.82, 2.24) is 9.62 Å². The van der Waals surface area contributed by atoms with Gasteiger partial charge in [-0.2, -0.15) is 4.31 Å². The Morgan fingerprint density at radius 2 is 1.81 bits per heavy atom. The van der Waals surface area contributed by atoms with Gasteiger partial charge in [0.15, 0.2) is 11.6 Å². The topological polar surface area (TPSA) is 79.6 Å². The van der Waals surface area contributed by atoms with E-state index in [9.17, 15) is 22.0 Å². The first-order valence-corrected chi connectivity index (χ1v) is 10.9. The lowest BCUT2D eigenvalue weighted by Gasteiger charge is -2.22. The Labute approximate surface area is 179 Å². The summed E-state index contributed by atoms with van der Waals surface area (Å²) >= 11 is 0. The van der Waals surface area contributed by atoms with Gasteiger partial charge in [-0.15, -0.1) is 0 Å². The van der Waals surface area contributed by atoms with E-state index in [4.69, 9.17) is 4.42 Å². The Bertz CT molecular complexity index is 1150. The first-order valence-electron chi connectivity index (χ1n) is 9.50. The molecule has 1 atom stereocenters. The maximum Gasteiger partial charge on any atom is 0.243 e. The monoisotopic (exact) mass is 448 g/mol. The summed E-state index contributed by atoms with van der Waals surface area (Å²) in [6.07, 6.45) is 1.41. The Kier molecular flexibility index (Phi) is 6.87. The second kappa shape index (κ2) is 9.40. The molecule has 1 N–H and O–H groups in total. The first-order chi connectivity index (χ1) is 14.7. The summed E-state index contributed by atoms with van der Waals surface area (Å²) in [6.45, 7) is 2.81. The molecule has 9 heteroatoms. The van der Waals surface area contributed by atoms with E-state index in [0.29, 0.717) is 11.3 Å². The standard InChI is InChI=1S/C22H22F2N2O4S/c1-15-5-8-19(9-6-15)31(28,29)26(13-18-4-3-11-30-18)14-22(27)25-16(2)17-7-10-20(23)21(24)12-17/h3-12,16H,13-14H2,1-2H3,(H,25,27). The van der Waals surface area contributed by atoms with Crippen molar-refractivity contribution in [3.05, 3.63) is 89.4 Å². The molecule has 0 saturated carbocycles. The normalized spacial score (nSPS) is 12.7. The van der Waals surface area contributed by atoms with Crippen LogP contribution in [0.15, 0.2) is 70.2 Å². The van der Waals surface area contributed by atoms with Gasteiger partial charge in [-0.25, -0.2) is 17.2 Å². The molecule has 164 valence electrons. The summed E-state index contributed by atoms with van der Waals surface area (Å²) in [7, 11) is -4.00. The molecular formula is C22H22F2N2O4S. The second-order valence-corrected chi connectivity index (χ2v) is 9.07. The minimum Gasteiger partial charge on any atom is -0.468 e. The third-order valence-electron chi connectivity index (χ3n) is 4.71. The molecule has 1 unspecified atom stereocenters. The fourth-order valence-corrected chi connectivity index (χ4v) is 4.34. The molecule has 0 spiro atoms. The summed E-state index contributed by atoms with van der Waals surface area (Å²) in [5.74, 6) is -2.24. The molecule has 0 aliphatic heterocycles.